The summed E-state index contributed by atoms with van der Waals surface area (Å²) in [4.78, 5) is 12.1. The molecule has 0 fully saturated rings. The summed E-state index contributed by atoms with van der Waals surface area (Å²) in [6.45, 7) is 0. The molecule has 0 atom stereocenters. The molecule has 0 radical (unpaired) electrons. The van der Waals surface area contributed by atoms with E-state index in [1.807, 2.05) is 36.4 Å². The Morgan fingerprint density at radius 1 is 1.08 bits per heavy atom. The number of nitrogens with zero attached hydrogens (tertiary/aromatic N) is 2. The van der Waals surface area contributed by atoms with Crippen molar-refractivity contribution in [1.82, 2.24) is 15.6 Å². The molecule has 1 amide bonds. The largest absolute Gasteiger partial charge is 0.289 e. The fraction of sp³-hybridized carbons (Fsp3) is 0. The van der Waals surface area contributed by atoms with E-state index in [1.165, 1.54) is 6.21 Å². The molecule has 0 saturated carbocycles. The van der Waals surface area contributed by atoms with Gasteiger partial charge in [0, 0.05) is 11.8 Å². The molecule has 2 aromatic carbocycles. The average molecular weight is 385 g/mol. The molecule has 0 spiro atoms. The van der Waals surface area contributed by atoms with E-state index in [9.17, 15) is 4.79 Å². The Morgan fingerprint density at radius 2 is 1.88 bits per heavy atom. The quantitative estimate of drug-likeness (QED) is 0.489. The molecule has 0 bridgehead atoms. The molecule has 0 aliphatic rings. The molecule has 3 rings (SSSR count). The molecule has 3 aromatic rings. The normalized spacial score (nSPS) is 11.3. The van der Waals surface area contributed by atoms with Crippen molar-refractivity contribution in [2.24, 2.45) is 5.10 Å². The first-order valence-corrected chi connectivity index (χ1v) is 8.45. The van der Waals surface area contributed by atoms with Gasteiger partial charge in [0.05, 0.1) is 15.7 Å². The van der Waals surface area contributed by atoms with Crippen molar-refractivity contribution >= 4 is 41.4 Å². The molecule has 2 N–H and O–H groups in total. The number of nitrogens with one attached hydrogen (secondary N) is 2. The van der Waals surface area contributed by atoms with Crippen LogP contribution in [0.3, 0.4) is 0 Å². The van der Waals surface area contributed by atoms with E-state index in [2.05, 4.69) is 20.7 Å². The van der Waals surface area contributed by atoms with Crippen molar-refractivity contribution in [3.05, 3.63) is 82.0 Å². The zero-order chi connectivity index (χ0) is 18.4. The van der Waals surface area contributed by atoms with E-state index in [1.54, 1.807) is 30.3 Å². The molecule has 26 heavy (non-hydrogen) atoms. The van der Waals surface area contributed by atoms with Crippen molar-refractivity contribution < 1.29 is 4.79 Å². The fourth-order valence-corrected chi connectivity index (χ4v) is 2.46. The number of hydrogen-bond donors (Lipinski definition) is 2. The molecule has 130 valence electrons. The van der Waals surface area contributed by atoms with Gasteiger partial charge >= 0.3 is 0 Å². The Bertz CT molecular complexity index is 965. The first-order chi connectivity index (χ1) is 12.6. The average Bonchev–Trinajstić information content (AvgIpc) is 3.15. The predicted molar refractivity (Wildman–Crippen MR) is 105 cm³/mol. The van der Waals surface area contributed by atoms with Crippen LogP contribution in [0.5, 0.6) is 0 Å². The van der Waals surface area contributed by atoms with Gasteiger partial charge in [-0.05, 0) is 29.8 Å². The van der Waals surface area contributed by atoms with Gasteiger partial charge in [-0.25, -0.2) is 5.43 Å². The molecule has 0 aliphatic heterocycles. The van der Waals surface area contributed by atoms with Crippen LogP contribution >= 0.6 is 23.2 Å². The summed E-state index contributed by atoms with van der Waals surface area (Å²) in [5.74, 6) is -0.395. The second kappa shape index (κ2) is 8.47. The minimum atomic E-state index is -0.395. The van der Waals surface area contributed by atoms with E-state index in [0.717, 1.165) is 11.1 Å². The lowest BCUT2D eigenvalue weighted by Crippen LogP contribution is -2.17. The number of aromatic nitrogens is 2. The van der Waals surface area contributed by atoms with E-state index in [0.29, 0.717) is 15.7 Å². The highest BCUT2D eigenvalue weighted by molar-refractivity contribution is 6.42. The number of H-pyrrole nitrogens is 1. The van der Waals surface area contributed by atoms with Crippen LogP contribution in [-0.4, -0.2) is 22.3 Å². The second-order valence-corrected chi connectivity index (χ2v) is 6.10. The lowest BCUT2D eigenvalue weighted by atomic mass is 10.1. The van der Waals surface area contributed by atoms with Gasteiger partial charge in [0.2, 0.25) is 0 Å². The van der Waals surface area contributed by atoms with E-state index in [-0.39, 0.29) is 5.69 Å². The maximum Gasteiger partial charge on any atom is 0.289 e. The number of hydrazone groups is 1. The Hall–Kier alpha value is -2.89. The SMILES string of the molecule is O=C(N/N=C\C=C\c1ccccc1)c1cc(-c2ccc(Cl)c(Cl)c2)n[nH]1. The molecule has 0 saturated heterocycles. The van der Waals surface area contributed by atoms with Gasteiger partial charge < -0.3 is 0 Å². The third-order valence-corrected chi connectivity index (χ3v) is 4.19. The number of aromatic amines is 1. The highest BCUT2D eigenvalue weighted by Gasteiger charge is 2.11. The summed E-state index contributed by atoms with van der Waals surface area (Å²) in [6, 6.07) is 16.5. The fourth-order valence-electron chi connectivity index (χ4n) is 2.16. The Morgan fingerprint density at radius 3 is 2.65 bits per heavy atom. The van der Waals surface area contributed by atoms with Gasteiger partial charge in [-0.15, -0.1) is 0 Å². The lowest BCUT2D eigenvalue weighted by molar-refractivity contribution is 0.0950. The number of carbonyl (C=O) groups is 1. The monoisotopic (exact) mass is 384 g/mol. The summed E-state index contributed by atoms with van der Waals surface area (Å²) >= 11 is 11.9. The lowest BCUT2D eigenvalue weighted by Gasteiger charge is -1.98. The number of allylic oxidation sites excluding steroid dienone is 1. The zero-order valence-corrected chi connectivity index (χ0v) is 15.0. The standard InChI is InChI=1S/C19H14Cl2N4O/c20-15-9-8-14(11-16(15)21)17-12-18(24-23-17)19(26)25-22-10-4-7-13-5-2-1-3-6-13/h1-12H,(H,23,24)(H,25,26)/b7-4+,22-10-. The number of amides is 1. The second-order valence-electron chi connectivity index (χ2n) is 5.28. The Kier molecular flexibility index (Phi) is 5.84. The molecule has 7 heteroatoms. The van der Waals surface area contributed by atoms with Crippen molar-refractivity contribution in [3.63, 3.8) is 0 Å². The highest BCUT2D eigenvalue weighted by atomic mass is 35.5. The van der Waals surface area contributed by atoms with Gasteiger partial charge in [-0.2, -0.15) is 10.2 Å². The van der Waals surface area contributed by atoms with Crippen LogP contribution in [0.2, 0.25) is 10.0 Å². The number of benzene rings is 2. The molecular weight excluding hydrogens is 371 g/mol. The third kappa shape index (κ3) is 4.59. The summed E-state index contributed by atoms with van der Waals surface area (Å²) in [6.07, 6.45) is 5.12. The van der Waals surface area contributed by atoms with E-state index >= 15 is 0 Å². The van der Waals surface area contributed by atoms with E-state index in [4.69, 9.17) is 23.2 Å². The van der Waals surface area contributed by atoms with Gasteiger partial charge in [-0.3, -0.25) is 9.89 Å². The van der Waals surface area contributed by atoms with Crippen molar-refractivity contribution in [2.75, 3.05) is 0 Å². The van der Waals surface area contributed by atoms with Crippen molar-refractivity contribution in [3.8, 4) is 11.3 Å². The number of rotatable bonds is 5. The van der Waals surface area contributed by atoms with Gasteiger partial charge in [0.1, 0.15) is 5.69 Å². The van der Waals surface area contributed by atoms with Gasteiger partial charge in [0.25, 0.3) is 5.91 Å². The molecule has 5 nitrogen and oxygen atoms in total. The Balaban J connectivity index is 1.60. The zero-order valence-electron chi connectivity index (χ0n) is 13.5. The van der Waals surface area contributed by atoms with Gasteiger partial charge in [-0.1, -0.05) is 65.7 Å². The van der Waals surface area contributed by atoms with E-state index < -0.39 is 5.91 Å². The first kappa shape index (κ1) is 17.9. The van der Waals surface area contributed by atoms with Crippen LogP contribution in [0.4, 0.5) is 0 Å². The maximum atomic E-state index is 12.1. The third-order valence-electron chi connectivity index (χ3n) is 3.45. The maximum absolute atomic E-state index is 12.1. The van der Waals surface area contributed by atoms with Crippen LogP contribution in [0.15, 0.2) is 65.8 Å². The number of carbonyl (C=O) groups excluding carboxylic acids is 1. The summed E-state index contributed by atoms with van der Waals surface area (Å²) in [7, 11) is 0. The molecule has 0 aliphatic carbocycles. The minimum absolute atomic E-state index is 0.287. The number of hydrogen-bond acceptors (Lipinski definition) is 3. The summed E-state index contributed by atoms with van der Waals surface area (Å²) < 4.78 is 0. The minimum Gasteiger partial charge on any atom is -0.272 e. The smallest absolute Gasteiger partial charge is 0.272 e. The van der Waals surface area contributed by atoms with Crippen LogP contribution in [0, 0.1) is 0 Å². The van der Waals surface area contributed by atoms with Crippen molar-refractivity contribution in [2.45, 2.75) is 0 Å². The summed E-state index contributed by atoms with van der Waals surface area (Å²) in [5, 5.41) is 11.5. The Labute approximate surface area is 160 Å². The molecule has 0 unspecified atom stereocenters. The highest BCUT2D eigenvalue weighted by Crippen LogP contribution is 2.27. The predicted octanol–water partition coefficient (Wildman–Crippen LogP) is 4.81. The first-order valence-electron chi connectivity index (χ1n) is 7.69. The molecule has 1 aromatic heterocycles. The van der Waals surface area contributed by atoms with Crippen molar-refractivity contribution in [1.29, 1.82) is 0 Å². The number of halogens is 2. The molecule has 1 heterocycles. The topological polar surface area (TPSA) is 70.1 Å². The van der Waals surface area contributed by atoms with Crippen LogP contribution in [0.25, 0.3) is 17.3 Å². The summed E-state index contributed by atoms with van der Waals surface area (Å²) in [5.41, 5.74) is 5.10. The van der Waals surface area contributed by atoms with Crippen LogP contribution in [-0.2, 0) is 0 Å². The van der Waals surface area contributed by atoms with Crippen LogP contribution < -0.4 is 5.43 Å². The molecular formula is C19H14Cl2N4O. The van der Waals surface area contributed by atoms with Gasteiger partial charge in [0.15, 0.2) is 0 Å². The van der Waals surface area contributed by atoms with Crippen LogP contribution in [0.1, 0.15) is 16.1 Å².